The molecule has 0 N–H and O–H groups in total. The number of fused-ring (bicyclic) bond motifs is 1. The maximum absolute atomic E-state index is 14.0. The summed E-state index contributed by atoms with van der Waals surface area (Å²) in [4.78, 5) is 21.4. The minimum Gasteiger partial charge on any atom is -0.367 e. The first kappa shape index (κ1) is 17.7. The number of aromatic nitrogens is 2. The molecule has 0 radical (unpaired) electrons. The Hall–Kier alpha value is -2.73. The summed E-state index contributed by atoms with van der Waals surface area (Å²) >= 11 is 0. The Balaban J connectivity index is 1.44. The van der Waals surface area contributed by atoms with E-state index in [9.17, 15) is 9.18 Å². The minimum atomic E-state index is -0.170. The van der Waals surface area contributed by atoms with Crippen LogP contribution in [-0.2, 0) is 6.54 Å². The zero-order valence-electron chi connectivity index (χ0n) is 15.4. The molecule has 1 aromatic heterocycles. The zero-order chi connectivity index (χ0) is 18.8. The molecule has 6 heteroatoms. The largest absolute Gasteiger partial charge is 0.367 e. The summed E-state index contributed by atoms with van der Waals surface area (Å²) in [6.07, 6.45) is 0. The first-order valence-corrected chi connectivity index (χ1v) is 9.31. The van der Waals surface area contributed by atoms with Crippen LogP contribution in [-0.4, -0.2) is 47.2 Å². The first-order valence-electron chi connectivity index (χ1n) is 9.31. The van der Waals surface area contributed by atoms with Gasteiger partial charge in [-0.05, 0) is 31.2 Å². The van der Waals surface area contributed by atoms with Crippen LogP contribution < -0.4 is 10.5 Å². The van der Waals surface area contributed by atoms with Crippen LogP contribution in [0, 0.1) is 12.7 Å². The van der Waals surface area contributed by atoms with Crippen molar-refractivity contribution in [2.45, 2.75) is 13.5 Å². The van der Waals surface area contributed by atoms with Crippen LogP contribution in [0.3, 0.4) is 0 Å². The van der Waals surface area contributed by atoms with Gasteiger partial charge in [0.2, 0.25) is 0 Å². The van der Waals surface area contributed by atoms with Crippen LogP contribution in [0.2, 0.25) is 0 Å². The lowest BCUT2D eigenvalue weighted by atomic mass is 10.2. The molecule has 140 valence electrons. The van der Waals surface area contributed by atoms with E-state index in [0.29, 0.717) is 17.9 Å². The number of piperazine rings is 1. The fourth-order valence-electron chi connectivity index (χ4n) is 3.70. The lowest BCUT2D eigenvalue weighted by Crippen LogP contribution is -2.47. The average Bonchev–Trinajstić information content (AvgIpc) is 2.69. The molecule has 1 saturated heterocycles. The summed E-state index contributed by atoms with van der Waals surface area (Å²) in [7, 11) is 0. The number of anilines is 1. The zero-order valence-corrected chi connectivity index (χ0v) is 15.4. The molecule has 1 fully saturated rings. The van der Waals surface area contributed by atoms with E-state index in [1.165, 1.54) is 6.07 Å². The van der Waals surface area contributed by atoms with E-state index in [1.54, 1.807) is 13.0 Å². The fraction of sp³-hybridized carbons (Fsp3) is 0.333. The predicted molar refractivity (Wildman–Crippen MR) is 106 cm³/mol. The number of rotatable bonds is 4. The molecule has 0 saturated carbocycles. The molecule has 1 aliphatic heterocycles. The molecule has 4 rings (SSSR count). The highest BCUT2D eigenvalue weighted by molar-refractivity contribution is 5.74. The number of aryl methyl sites for hydroxylation is 1. The van der Waals surface area contributed by atoms with E-state index in [-0.39, 0.29) is 11.4 Å². The van der Waals surface area contributed by atoms with Crippen molar-refractivity contribution in [2.24, 2.45) is 0 Å². The van der Waals surface area contributed by atoms with Gasteiger partial charge in [-0.1, -0.05) is 24.3 Å². The van der Waals surface area contributed by atoms with Gasteiger partial charge in [0, 0.05) is 39.3 Å². The van der Waals surface area contributed by atoms with E-state index in [1.807, 2.05) is 41.0 Å². The molecule has 0 spiro atoms. The van der Waals surface area contributed by atoms with Gasteiger partial charge in [-0.15, -0.1) is 0 Å². The molecule has 0 atom stereocenters. The van der Waals surface area contributed by atoms with Gasteiger partial charge in [0.1, 0.15) is 11.5 Å². The Labute approximate surface area is 157 Å². The van der Waals surface area contributed by atoms with E-state index < -0.39 is 0 Å². The summed E-state index contributed by atoms with van der Waals surface area (Å²) in [6.45, 7) is 6.45. The van der Waals surface area contributed by atoms with Gasteiger partial charge < -0.3 is 9.47 Å². The van der Waals surface area contributed by atoms with Gasteiger partial charge in [0.15, 0.2) is 0 Å². The second kappa shape index (κ2) is 7.48. The van der Waals surface area contributed by atoms with Crippen LogP contribution in [0.4, 0.5) is 10.1 Å². The Morgan fingerprint density at radius 2 is 1.67 bits per heavy atom. The Kier molecular flexibility index (Phi) is 4.90. The third kappa shape index (κ3) is 3.57. The maximum Gasteiger partial charge on any atom is 0.272 e. The molecule has 1 aliphatic rings. The molecule has 27 heavy (non-hydrogen) atoms. The third-order valence-electron chi connectivity index (χ3n) is 5.22. The number of halogens is 1. The van der Waals surface area contributed by atoms with E-state index in [4.69, 9.17) is 0 Å². The molecule has 0 unspecified atom stereocenters. The summed E-state index contributed by atoms with van der Waals surface area (Å²) in [5.74, 6) is -0.170. The van der Waals surface area contributed by atoms with Gasteiger partial charge in [0.25, 0.3) is 5.56 Å². The molecular weight excluding hydrogens is 343 g/mol. The number of benzene rings is 2. The van der Waals surface area contributed by atoms with Crippen molar-refractivity contribution in [3.63, 3.8) is 0 Å². The van der Waals surface area contributed by atoms with Gasteiger partial charge in [-0.2, -0.15) is 0 Å². The highest BCUT2D eigenvalue weighted by Gasteiger charge is 2.19. The number of nitrogens with zero attached hydrogens (tertiary/aromatic N) is 4. The fourth-order valence-corrected chi connectivity index (χ4v) is 3.70. The van der Waals surface area contributed by atoms with Crippen molar-refractivity contribution < 1.29 is 4.39 Å². The van der Waals surface area contributed by atoms with Gasteiger partial charge >= 0.3 is 0 Å². The summed E-state index contributed by atoms with van der Waals surface area (Å²) in [6, 6.07) is 14.7. The number of para-hydroxylation sites is 3. The minimum absolute atomic E-state index is 0.0290. The molecule has 0 aliphatic carbocycles. The Morgan fingerprint density at radius 3 is 2.44 bits per heavy atom. The first-order chi connectivity index (χ1) is 13.1. The SMILES string of the molecule is Cc1nc2ccccc2n(CCN2CCN(c3ccccc3F)CC2)c1=O. The monoisotopic (exact) mass is 366 g/mol. The van der Waals surface area contributed by atoms with Crippen LogP contribution in [0.5, 0.6) is 0 Å². The third-order valence-corrected chi connectivity index (χ3v) is 5.22. The highest BCUT2D eigenvalue weighted by Crippen LogP contribution is 2.20. The molecule has 0 amide bonds. The lowest BCUT2D eigenvalue weighted by Gasteiger charge is -2.36. The Morgan fingerprint density at radius 1 is 0.963 bits per heavy atom. The molecular formula is C21H23FN4O. The standard InChI is InChI=1S/C21H23FN4O/c1-16-21(27)26(20-9-5-3-7-18(20)23-16)15-12-24-10-13-25(14-11-24)19-8-4-2-6-17(19)22/h2-9H,10-15H2,1H3. The molecule has 5 nitrogen and oxygen atoms in total. The van der Waals surface area contributed by atoms with Crippen molar-refractivity contribution >= 4 is 16.7 Å². The summed E-state index contributed by atoms with van der Waals surface area (Å²) in [5.41, 5.74) is 2.89. The normalized spacial score (nSPS) is 15.4. The van der Waals surface area contributed by atoms with Crippen molar-refractivity contribution in [1.29, 1.82) is 0 Å². The quantitative estimate of drug-likeness (QED) is 0.712. The van der Waals surface area contributed by atoms with Crippen LogP contribution in [0.25, 0.3) is 11.0 Å². The summed E-state index contributed by atoms with van der Waals surface area (Å²) < 4.78 is 15.8. The summed E-state index contributed by atoms with van der Waals surface area (Å²) in [5, 5.41) is 0. The van der Waals surface area contributed by atoms with Crippen molar-refractivity contribution in [3.8, 4) is 0 Å². The van der Waals surface area contributed by atoms with Crippen LogP contribution in [0.15, 0.2) is 53.3 Å². The molecule has 2 aromatic carbocycles. The lowest BCUT2D eigenvalue weighted by molar-refractivity contribution is 0.247. The molecule has 2 heterocycles. The number of hydrogen-bond acceptors (Lipinski definition) is 4. The van der Waals surface area contributed by atoms with Gasteiger partial charge in [-0.25, -0.2) is 9.37 Å². The van der Waals surface area contributed by atoms with E-state index in [0.717, 1.165) is 43.8 Å². The van der Waals surface area contributed by atoms with Crippen LogP contribution in [0.1, 0.15) is 5.69 Å². The van der Waals surface area contributed by atoms with Crippen LogP contribution >= 0.6 is 0 Å². The topological polar surface area (TPSA) is 41.4 Å². The average molecular weight is 366 g/mol. The number of hydrogen-bond donors (Lipinski definition) is 0. The Bertz CT molecular complexity index is 1010. The van der Waals surface area contributed by atoms with Gasteiger partial charge in [-0.3, -0.25) is 9.69 Å². The second-order valence-electron chi connectivity index (χ2n) is 6.92. The van der Waals surface area contributed by atoms with Crippen molar-refractivity contribution in [2.75, 3.05) is 37.6 Å². The maximum atomic E-state index is 14.0. The smallest absolute Gasteiger partial charge is 0.272 e. The van der Waals surface area contributed by atoms with Gasteiger partial charge in [0.05, 0.1) is 16.7 Å². The highest BCUT2D eigenvalue weighted by atomic mass is 19.1. The van der Waals surface area contributed by atoms with E-state index >= 15 is 0 Å². The molecule has 0 bridgehead atoms. The predicted octanol–water partition coefficient (Wildman–Crippen LogP) is 2.67. The van der Waals surface area contributed by atoms with Crippen molar-refractivity contribution in [1.82, 2.24) is 14.5 Å². The second-order valence-corrected chi connectivity index (χ2v) is 6.92. The van der Waals surface area contributed by atoms with Crippen molar-refractivity contribution in [3.05, 3.63) is 70.4 Å². The molecule has 3 aromatic rings. The van der Waals surface area contributed by atoms with E-state index in [2.05, 4.69) is 14.8 Å².